The highest BCUT2D eigenvalue weighted by atomic mass is 16.1. The maximum atomic E-state index is 9.86. The average Bonchev–Trinajstić information content (AvgIpc) is 2.06. The fourth-order valence-electron chi connectivity index (χ4n) is 0.545. The Bertz CT molecular complexity index is 234. The van der Waals surface area contributed by atoms with Crippen LogP contribution in [0, 0.1) is 0 Å². The molecule has 0 aromatic rings. The van der Waals surface area contributed by atoms with Gasteiger partial charge in [-0.2, -0.15) is 0 Å². The van der Waals surface area contributed by atoms with Crippen LogP contribution >= 0.6 is 0 Å². The fraction of sp³-hybridized carbons (Fsp3) is 0.200. The van der Waals surface area contributed by atoms with Crippen LogP contribution < -0.4 is 0 Å². The van der Waals surface area contributed by atoms with Crippen LogP contribution in [0.3, 0.4) is 0 Å². The molecule has 64 valence electrons. The molecule has 0 unspecified atom stereocenters. The lowest BCUT2D eigenvalue weighted by Gasteiger charge is -1.84. The van der Waals surface area contributed by atoms with Gasteiger partial charge < -0.3 is 0 Å². The highest BCUT2D eigenvalue weighted by molar-refractivity contribution is 5.93. The standard InChI is InChI=1S/C10H13NO/c1-3-4-5-7-10(2)11-8-6-9-12/h3-9H,1-2H3/b4-3-,7-5-,8-6-,11-10+. The molecule has 0 bridgehead atoms. The van der Waals surface area contributed by atoms with E-state index in [1.54, 1.807) is 0 Å². The third-order valence-electron chi connectivity index (χ3n) is 1.08. The van der Waals surface area contributed by atoms with E-state index in [9.17, 15) is 4.79 Å². The van der Waals surface area contributed by atoms with Crippen molar-refractivity contribution in [3.8, 4) is 0 Å². The Hall–Kier alpha value is -1.44. The maximum absolute atomic E-state index is 9.86. The summed E-state index contributed by atoms with van der Waals surface area (Å²) in [5.74, 6) is 0. The van der Waals surface area contributed by atoms with Gasteiger partial charge in [-0.05, 0) is 26.0 Å². The van der Waals surface area contributed by atoms with E-state index in [-0.39, 0.29) is 0 Å². The second-order valence-corrected chi connectivity index (χ2v) is 2.13. The van der Waals surface area contributed by atoms with Crippen molar-refractivity contribution in [1.29, 1.82) is 0 Å². The minimum atomic E-state index is 0.701. The Kier molecular flexibility index (Phi) is 6.74. The second kappa shape index (κ2) is 7.66. The summed E-state index contributed by atoms with van der Waals surface area (Å²) in [5.41, 5.74) is 0.867. The van der Waals surface area contributed by atoms with Crippen molar-refractivity contribution < 1.29 is 4.79 Å². The summed E-state index contributed by atoms with van der Waals surface area (Å²) in [6.07, 6.45) is 11.2. The molecule has 0 atom stereocenters. The van der Waals surface area contributed by atoms with Crippen molar-refractivity contribution >= 4 is 12.0 Å². The molecule has 0 rings (SSSR count). The smallest absolute Gasteiger partial charge is 0.144 e. The van der Waals surface area contributed by atoms with E-state index in [0.717, 1.165) is 5.71 Å². The first-order valence-corrected chi connectivity index (χ1v) is 3.75. The molecular formula is C10H13NO. The summed E-state index contributed by atoms with van der Waals surface area (Å²) in [6.45, 7) is 3.82. The summed E-state index contributed by atoms with van der Waals surface area (Å²) in [6, 6.07) is 0. The molecule has 0 amide bonds. The van der Waals surface area contributed by atoms with Gasteiger partial charge in [-0.1, -0.05) is 18.2 Å². The van der Waals surface area contributed by atoms with Crippen LogP contribution in [0.2, 0.25) is 0 Å². The Morgan fingerprint density at radius 3 is 2.58 bits per heavy atom. The zero-order valence-electron chi connectivity index (χ0n) is 7.40. The van der Waals surface area contributed by atoms with E-state index in [1.165, 1.54) is 12.3 Å². The first kappa shape index (κ1) is 10.6. The molecule has 0 N–H and O–H groups in total. The van der Waals surface area contributed by atoms with Gasteiger partial charge in [-0.15, -0.1) is 0 Å². The van der Waals surface area contributed by atoms with Crippen LogP contribution in [0.4, 0.5) is 0 Å². The lowest BCUT2D eigenvalue weighted by atomic mass is 10.3. The number of hydrogen-bond donors (Lipinski definition) is 0. The quantitative estimate of drug-likeness (QED) is 0.270. The molecule has 0 aliphatic carbocycles. The molecule has 0 aromatic carbocycles. The van der Waals surface area contributed by atoms with E-state index in [4.69, 9.17) is 0 Å². The second-order valence-electron chi connectivity index (χ2n) is 2.13. The molecule has 0 fully saturated rings. The van der Waals surface area contributed by atoms with E-state index in [0.29, 0.717) is 6.29 Å². The number of allylic oxidation sites excluding steroid dienone is 5. The summed E-state index contributed by atoms with van der Waals surface area (Å²) in [7, 11) is 0. The van der Waals surface area contributed by atoms with Crippen LogP contribution in [-0.2, 0) is 4.79 Å². The van der Waals surface area contributed by atoms with Gasteiger partial charge in [0.1, 0.15) is 6.29 Å². The van der Waals surface area contributed by atoms with Crippen molar-refractivity contribution in [2.75, 3.05) is 0 Å². The fourth-order valence-corrected chi connectivity index (χ4v) is 0.545. The lowest BCUT2D eigenvalue weighted by molar-refractivity contribution is -0.104. The van der Waals surface area contributed by atoms with Crippen molar-refractivity contribution in [3.63, 3.8) is 0 Å². The minimum absolute atomic E-state index is 0.701. The van der Waals surface area contributed by atoms with E-state index in [1.807, 2.05) is 38.2 Å². The Morgan fingerprint density at radius 1 is 1.25 bits per heavy atom. The third-order valence-corrected chi connectivity index (χ3v) is 1.08. The SMILES string of the molecule is C\C=C/C=C\C(C)=N\C=C/C=O. The number of aliphatic imine (C=N–C) groups is 1. The van der Waals surface area contributed by atoms with E-state index < -0.39 is 0 Å². The maximum Gasteiger partial charge on any atom is 0.144 e. The number of carbonyl (C=O) groups excluding carboxylic acids is 1. The summed E-state index contributed by atoms with van der Waals surface area (Å²) in [4.78, 5) is 13.8. The first-order chi connectivity index (χ1) is 5.81. The van der Waals surface area contributed by atoms with Gasteiger partial charge >= 0.3 is 0 Å². The van der Waals surface area contributed by atoms with E-state index >= 15 is 0 Å². The number of nitrogens with zero attached hydrogens (tertiary/aromatic N) is 1. The van der Waals surface area contributed by atoms with E-state index in [2.05, 4.69) is 4.99 Å². The lowest BCUT2D eigenvalue weighted by Crippen LogP contribution is -1.80. The number of aldehydes is 1. The normalized spacial score (nSPS) is 13.7. The van der Waals surface area contributed by atoms with Gasteiger partial charge in [-0.25, -0.2) is 0 Å². The Morgan fingerprint density at radius 2 is 2.00 bits per heavy atom. The molecule has 0 aliphatic heterocycles. The van der Waals surface area contributed by atoms with Crippen LogP contribution in [0.5, 0.6) is 0 Å². The molecule has 0 saturated carbocycles. The molecule has 12 heavy (non-hydrogen) atoms. The largest absolute Gasteiger partial charge is 0.299 e. The summed E-state index contributed by atoms with van der Waals surface area (Å²) >= 11 is 0. The van der Waals surface area contributed by atoms with Crippen LogP contribution in [0.15, 0.2) is 41.6 Å². The van der Waals surface area contributed by atoms with Gasteiger partial charge in [0.15, 0.2) is 0 Å². The Balaban J connectivity index is 4.01. The highest BCUT2D eigenvalue weighted by Gasteiger charge is 1.76. The number of hydrogen-bond acceptors (Lipinski definition) is 2. The molecule has 0 spiro atoms. The average molecular weight is 163 g/mol. The van der Waals surface area contributed by atoms with Gasteiger partial charge in [0.2, 0.25) is 0 Å². The van der Waals surface area contributed by atoms with Gasteiger partial charge in [0.05, 0.1) is 0 Å². The number of carbonyl (C=O) groups is 1. The van der Waals surface area contributed by atoms with Gasteiger partial charge in [0, 0.05) is 11.9 Å². The van der Waals surface area contributed by atoms with Crippen molar-refractivity contribution in [3.05, 3.63) is 36.6 Å². The molecule has 0 radical (unpaired) electrons. The molecular weight excluding hydrogens is 150 g/mol. The highest BCUT2D eigenvalue weighted by Crippen LogP contribution is 1.84. The van der Waals surface area contributed by atoms with Crippen LogP contribution in [0.1, 0.15) is 13.8 Å². The third kappa shape index (κ3) is 6.68. The Labute approximate surface area is 73.0 Å². The monoisotopic (exact) mass is 163 g/mol. The first-order valence-electron chi connectivity index (χ1n) is 3.75. The predicted molar refractivity (Wildman–Crippen MR) is 52.3 cm³/mol. The summed E-state index contributed by atoms with van der Waals surface area (Å²) in [5, 5.41) is 0. The predicted octanol–water partition coefficient (Wildman–Crippen LogP) is 2.29. The molecule has 0 heterocycles. The molecule has 0 aliphatic rings. The van der Waals surface area contributed by atoms with Crippen LogP contribution in [-0.4, -0.2) is 12.0 Å². The molecule has 2 heteroatoms. The zero-order chi connectivity index (χ0) is 9.23. The molecule has 0 saturated heterocycles. The minimum Gasteiger partial charge on any atom is -0.299 e. The van der Waals surface area contributed by atoms with Gasteiger partial charge in [0.25, 0.3) is 0 Å². The molecule has 0 aromatic heterocycles. The topological polar surface area (TPSA) is 29.4 Å². The zero-order valence-corrected chi connectivity index (χ0v) is 7.40. The van der Waals surface area contributed by atoms with Crippen molar-refractivity contribution in [2.45, 2.75) is 13.8 Å². The van der Waals surface area contributed by atoms with Crippen molar-refractivity contribution in [2.24, 2.45) is 4.99 Å². The molecule has 2 nitrogen and oxygen atoms in total. The summed E-state index contributed by atoms with van der Waals surface area (Å²) < 4.78 is 0. The number of rotatable bonds is 4. The van der Waals surface area contributed by atoms with Gasteiger partial charge in [-0.3, -0.25) is 9.79 Å². The van der Waals surface area contributed by atoms with Crippen molar-refractivity contribution in [1.82, 2.24) is 0 Å². The van der Waals surface area contributed by atoms with Crippen LogP contribution in [0.25, 0.3) is 0 Å².